The Kier molecular flexibility index (Phi) is 4.32. The van der Waals surface area contributed by atoms with Crippen LogP contribution in [0.1, 0.15) is 11.7 Å². The third kappa shape index (κ3) is 2.88. The van der Waals surface area contributed by atoms with Crippen LogP contribution in [0.3, 0.4) is 0 Å². The number of aliphatic hydroxyl groups is 1. The zero-order valence-corrected chi connectivity index (χ0v) is 12.6. The molecule has 1 heterocycles. The molecule has 2 N–H and O–H groups in total. The number of anilines is 1. The predicted octanol–water partition coefficient (Wildman–Crippen LogP) is 2.09. The molecule has 98 valence electrons. The zero-order chi connectivity index (χ0) is 13.3. The molecule has 4 nitrogen and oxygen atoms in total. The molecule has 0 radical (unpaired) electrons. The first-order valence-electron chi connectivity index (χ1n) is 5.59. The Bertz CT molecular complexity index is 479. The first-order valence-corrected chi connectivity index (χ1v) is 7.37. The molecule has 0 bridgehead atoms. The van der Waals surface area contributed by atoms with Crippen molar-refractivity contribution in [2.45, 2.75) is 11.0 Å². The molecule has 0 saturated heterocycles. The molecule has 0 spiro atoms. The number of hydrogen-bond acceptors (Lipinski definition) is 4. The zero-order valence-electron chi connectivity index (χ0n) is 10.2. The molecule has 0 fully saturated rings. The van der Waals surface area contributed by atoms with Gasteiger partial charge in [-0.15, -0.1) is 11.8 Å². The normalized spacial score (nSPS) is 18.1. The van der Waals surface area contributed by atoms with E-state index in [0.29, 0.717) is 11.3 Å². The summed E-state index contributed by atoms with van der Waals surface area (Å²) in [5, 5.41) is 12.3. The molecule has 6 heteroatoms. The van der Waals surface area contributed by atoms with Crippen LogP contribution in [-0.4, -0.2) is 42.3 Å². The molecule has 1 unspecified atom stereocenters. The summed E-state index contributed by atoms with van der Waals surface area (Å²) in [4.78, 5) is 14.6. The van der Waals surface area contributed by atoms with E-state index in [1.807, 2.05) is 26.2 Å². The van der Waals surface area contributed by atoms with Gasteiger partial charge in [0.25, 0.3) is 5.91 Å². The van der Waals surface area contributed by atoms with Gasteiger partial charge in [0.2, 0.25) is 0 Å². The summed E-state index contributed by atoms with van der Waals surface area (Å²) in [5.74, 6) is 0.619. The topological polar surface area (TPSA) is 52.6 Å². The number of aliphatic hydroxyl groups excluding tert-OH is 1. The van der Waals surface area contributed by atoms with Gasteiger partial charge in [-0.05, 0) is 42.2 Å². The van der Waals surface area contributed by atoms with E-state index in [-0.39, 0.29) is 5.91 Å². The van der Waals surface area contributed by atoms with E-state index in [0.717, 1.165) is 21.7 Å². The van der Waals surface area contributed by atoms with Crippen molar-refractivity contribution in [1.82, 2.24) is 4.90 Å². The van der Waals surface area contributed by atoms with E-state index in [2.05, 4.69) is 26.1 Å². The van der Waals surface area contributed by atoms with Gasteiger partial charge in [-0.2, -0.15) is 0 Å². The number of hydrogen-bond donors (Lipinski definition) is 2. The van der Waals surface area contributed by atoms with Gasteiger partial charge in [0, 0.05) is 32.9 Å². The van der Waals surface area contributed by atoms with Crippen molar-refractivity contribution < 1.29 is 9.90 Å². The average molecular weight is 331 g/mol. The maximum atomic E-state index is 11.4. The molecule has 18 heavy (non-hydrogen) atoms. The number of fused-ring (bicyclic) bond motifs is 1. The second-order valence-electron chi connectivity index (χ2n) is 4.41. The SMILES string of the molecule is CN(C)CCSc1cc2c(cc1Br)C(O)C(=O)N2. The highest BCUT2D eigenvalue weighted by Crippen LogP contribution is 2.38. The first kappa shape index (κ1) is 13.9. The van der Waals surface area contributed by atoms with Crippen molar-refractivity contribution in [2.75, 3.05) is 31.7 Å². The first-order chi connectivity index (χ1) is 8.49. The highest BCUT2D eigenvalue weighted by atomic mass is 79.9. The van der Waals surface area contributed by atoms with Crippen LogP contribution < -0.4 is 5.32 Å². The van der Waals surface area contributed by atoms with Crippen LogP contribution in [0.5, 0.6) is 0 Å². The summed E-state index contributed by atoms with van der Waals surface area (Å²) in [6, 6.07) is 3.73. The summed E-state index contributed by atoms with van der Waals surface area (Å²) in [7, 11) is 4.07. The minimum Gasteiger partial charge on any atom is -0.378 e. The molecule has 1 aromatic carbocycles. The Morgan fingerprint density at radius 2 is 2.22 bits per heavy atom. The van der Waals surface area contributed by atoms with Crippen molar-refractivity contribution >= 4 is 39.3 Å². The third-order valence-corrected chi connectivity index (χ3v) is 4.65. The Hall–Kier alpha value is -0.560. The van der Waals surface area contributed by atoms with Gasteiger partial charge in [0.1, 0.15) is 0 Å². The number of benzene rings is 1. The molecular weight excluding hydrogens is 316 g/mol. The summed E-state index contributed by atoms with van der Waals surface area (Å²) in [6.07, 6.45) is -1.04. The van der Waals surface area contributed by atoms with E-state index in [4.69, 9.17) is 0 Å². The lowest BCUT2D eigenvalue weighted by molar-refractivity contribution is -0.123. The highest BCUT2D eigenvalue weighted by molar-refractivity contribution is 9.10. The third-order valence-electron chi connectivity index (χ3n) is 2.70. The van der Waals surface area contributed by atoms with Crippen LogP contribution in [0, 0.1) is 0 Å². The molecule has 1 aliphatic heterocycles. The standard InChI is InChI=1S/C12H15BrN2O2S/c1-15(2)3-4-18-10-6-9-7(5-8(10)13)11(16)12(17)14-9/h5-6,11,16H,3-4H2,1-2H3,(H,14,17). The molecule has 1 aliphatic rings. The Labute approximate surface area is 119 Å². The van der Waals surface area contributed by atoms with E-state index in [1.165, 1.54) is 0 Å². The van der Waals surface area contributed by atoms with Gasteiger partial charge < -0.3 is 15.3 Å². The predicted molar refractivity (Wildman–Crippen MR) is 77.0 cm³/mol. The lowest BCUT2D eigenvalue weighted by atomic mass is 10.1. The maximum Gasteiger partial charge on any atom is 0.257 e. The number of nitrogens with one attached hydrogen (secondary N) is 1. The van der Waals surface area contributed by atoms with Gasteiger partial charge >= 0.3 is 0 Å². The molecular formula is C12H15BrN2O2S. The fraction of sp³-hybridized carbons (Fsp3) is 0.417. The van der Waals surface area contributed by atoms with Crippen molar-refractivity contribution in [3.63, 3.8) is 0 Å². The maximum absolute atomic E-state index is 11.4. The number of carbonyl (C=O) groups is 1. The van der Waals surface area contributed by atoms with Gasteiger partial charge in [-0.3, -0.25) is 4.79 Å². The largest absolute Gasteiger partial charge is 0.378 e. The molecule has 1 amide bonds. The number of nitrogens with zero attached hydrogens (tertiary/aromatic N) is 1. The monoisotopic (exact) mass is 330 g/mol. The fourth-order valence-corrected chi connectivity index (χ4v) is 3.47. The van der Waals surface area contributed by atoms with Crippen molar-refractivity contribution in [3.8, 4) is 0 Å². The summed E-state index contributed by atoms with van der Waals surface area (Å²) < 4.78 is 0.917. The van der Waals surface area contributed by atoms with Crippen LogP contribution in [-0.2, 0) is 4.79 Å². The van der Waals surface area contributed by atoms with Crippen LogP contribution in [0.2, 0.25) is 0 Å². The highest BCUT2D eigenvalue weighted by Gasteiger charge is 2.29. The minimum absolute atomic E-state index is 0.354. The van der Waals surface area contributed by atoms with Crippen molar-refractivity contribution in [3.05, 3.63) is 22.2 Å². The smallest absolute Gasteiger partial charge is 0.257 e. The second-order valence-corrected chi connectivity index (χ2v) is 6.40. The molecule has 0 saturated carbocycles. The van der Waals surface area contributed by atoms with Crippen molar-refractivity contribution in [1.29, 1.82) is 0 Å². The lowest BCUT2D eigenvalue weighted by Crippen LogP contribution is -2.14. The van der Waals surface area contributed by atoms with Gasteiger partial charge in [0.05, 0.1) is 0 Å². The second kappa shape index (κ2) is 5.61. The van der Waals surface area contributed by atoms with Crippen LogP contribution in [0.15, 0.2) is 21.5 Å². The summed E-state index contributed by atoms with van der Waals surface area (Å²) >= 11 is 5.20. The van der Waals surface area contributed by atoms with E-state index in [9.17, 15) is 9.90 Å². The minimum atomic E-state index is -1.04. The Balaban J connectivity index is 2.14. The van der Waals surface area contributed by atoms with Crippen LogP contribution in [0.4, 0.5) is 5.69 Å². The number of thioether (sulfide) groups is 1. The van der Waals surface area contributed by atoms with Gasteiger partial charge in [0.15, 0.2) is 6.10 Å². The molecule has 0 aromatic heterocycles. The number of halogens is 1. The van der Waals surface area contributed by atoms with Crippen molar-refractivity contribution in [2.24, 2.45) is 0 Å². The molecule has 2 rings (SSSR count). The fourth-order valence-electron chi connectivity index (χ4n) is 1.69. The van der Waals surface area contributed by atoms with E-state index < -0.39 is 6.10 Å². The summed E-state index contributed by atoms with van der Waals surface area (Å²) in [5.41, 5.74) is 1.35. The molecule has 1 aromatic rings. The van der Waals surface area contributed by atoms with Gasteiger partial charge in [-0.25, -0.2) is 0 Å². The van der Waals surface area contributed by atoms with E-state index >= 15 is 0 Å². The quantitative estimate of drug-likeness (QED) is 0.830. The lowest BCUT2D eigenvalue weighted by Gasteiger charge is -2.11. The average Bonchev–Trinajstić information content (AvgIpc) is 2.55. The number of carbonyl (C=O) groups excluding carboxylic acids is 1. The molecule has 0 aliphatic carbocycles. The number of amides is 1. The van der Waals surface area contributed by atoms with Crippen LogP contribution >= 0.6 is 27.7 Å². The summed E-state index contributed by atoms with van der Waals surface area (Å²) in [6.45, 7) is 0.989. The van der Waals surface area contributed by atoms with Gasteiger partial charge in [-0.1, -0.05) is 0 Å². The molecule has 1 atom stereocenters. The Morgan fingerprint density at radius 3 is 2.89 bits per heavy atom. The Morgan fingerprint density at radius 1 is 1.50 bits per heavy atom. The number of rotatable bonds is 4. The van der Waals surface area contributed by atoms with Crippen LogP contribution in [0.25, 0.3) is 0 Å². The van der Waals surface area contributed by atoms with E-state index in [1.54, 1.807) is 11.8 Å².